The number of anilines is 1. The Morgan fingerprint density at radius 2 is 1.67 bits per heavy atom. The van der Waals surface area contributed by atoms with E-state index in [9.17, 15) is 18.0 Å². The molecule has 1 aliphatic heterocycles. The number of nitrogens with zero attached hydrogens (tertiary/aromatic N) is 2. The van der Waals surface area contributed by atoms with Crippen LogP contribution < -0.4 is 19.1 Å². The lowest BCUT2D eigenvalue weighted by molar-refractivity contribution is -0.140. The fourth-order valence-corrected chi connectivity index (χ4v) is 6.14. The van der Waals surface area contributed by atoms with Crippen molar-refractivity contribution in [3.63, 3.8) is 0 Å². The van der Waals surface area contributed by atoms with E-state index in [0.717, 1.165) is 41.1 Å². The maximum Gasteiger partial charge on any atom is 0.244 e. The molecular formula is C29H39N3O6S. The van der Waals surface area contributed by atoms with Gasteiger partial charge in [-0.25, -0.2) is 8.42 Å². The molecule has 1 aliphatic carbocycles. The molecule has 1 N–H and O–H groups in total. The summed E-state index contributed by atoms with van der Waals surface area (Å²) in [5, 5.41) is 3.13. The predicted molar refractivity (Wildman–Crippen MR) is 150 cm³/mol. The van der Waals surface area contributed by atoms with E-state index >= 15 is 0 Å². The van der Waals surface area contributed by atoms with Crippen LogP contribution in [-0.4, -0.2) is 62.7 Å². The molecule has 1 atom stereocenters. The summed E-state index contributed by atoms with van der Waals surface area (Å²) < 4.78 is 38.8. The summed E-state index contributed by atoms with van der Waals surface area (Å²) in [4.78, 5) is 28.9. The van der Waals surface area contributed by atoms with Crippen molar-refractivity contribution in [2.45, 2.75) is 71.5 Å². The molecule has 0 spiro atoms. The number of aryl methyl sites for hydroxylation is 1. The Hall–Kier alpha value is -3.27. The molecule has 0 unspecified atom stereocenters. The molecule has 2 aromatic rings. The summed E-state index contributed by atoms with van der Waals surface area (Å²) >= 11 is 0. The van der Waals surface area contributed by atoms with Gasteiger partial charge in [0, 0.05) is 18.7 Å². The Labute approximate surface area is 231 Å². The minimum Gasteiger partial charge on any atom is -0.486 e. The quantitative estimate of drug-likeness (QED) is 0.451. The molecule has 1 heterocycles. The molecule has 2 amide bonds. The highest BCUT2D eigenvalue weighted by Gasteiger charge is 2.34. The van der Waals surface area contributed by atoms with Crippen molar-refractivity contribution in [2.24, 2.45) is 0 Å². The summed E-state index contributed by atoms with van der Waals surface area (Å²) in [6.45, 7) is 5.92. The van der Waals surface area contributed by atoms with Gasteiger partial charge >= 0.3 is 0 Å². The number of rotatable bonds is 11. The molecule has 0 saturated heterocycles. The van der Waals surface area contributed by atoms with Crippen molar-refractivity contribution >= 4 is 27.5 Å². The SMILES string of the molecule is CC[C@H](C(=O)NC1CCCC1)N(Cc1ccc(C)cc1)C(=O)CN(c1ccc2c(c1)OCCO2)S(=O)(=O)CC. The van der Waals surface area contributed by atoms with Crippen molar-refractivity contribution in [1.82, 2.24) is 10.2 Å². The maximum atomic E-state index is 14.0. The Morgan fingerprint density at radius 1 is 1.00 bits per heavy atom. The van der Waals surface area contributed by atoms with Crippen LogP contribution in [0.5, 0.6) is 11.5 Å². The zero-order chi connectivity index (χ0) is 28.0. The molecule has 2 aliphatic rings. The minimum atomic E-state index is -3.83. The van der Waals surface area contributed by atoms with Crippen LogP contribution in [0, 0.1) is 6.92 Å². The van der Waals surface area contributed by atoms with Gasteiger partial charge in [0.05, 0.1) is 11.4 Å². The van der Waals surface area contributed by atoms with Crippen molar-refractivity contribution < 1.29 is 27.5 Å². The van der Waals surface area contributed by atoms with Gasteiger partial charge in [-0.3, -0.25) is 13.9 Å². The lowest BCUT2D eigenvalue weighted by Gasteiger charge is -2.34. The van der Waals surface area contributed by atoms with E-state index in [4.69, 9.17) is 9.47 Å². The number of fused-ring (bicyclic) bond motifs is 1. The molecule has 0 aromatic heterocycles. The van der Waals surface area contributed by atoms with E-state index in [2.05, 4.69) is 5.32 Å². The van der Waals surface area contributed by atoms with Crippen LogP contribution >= 0.6 is 0 Å². The van der Waals surface area contributed by atoms with Crippen LogP contribution in [0.15, 0.2) is 42.5 Å². The van der Waals surface area contributed by atoms with E-state index in [1.807, 2.05) is 38.1 Å². The first-order chi connectivity index (χ1) is 18.7. The van der Waals surface area contributed by atoms with E-state index in [1.54, 1.807) is 25.1 Å². The monoisotopic (exact) mass is 557 g/mol. The van der Waals surface area contributed by atoms with Gasteiger partial charge in [0.25, 0.3) is 0 Å². The first-order valence-electron chi connectivity index (χ1n) is 13.8. The van der Waals surface area contributed by atoms with E-state index in [1.165, 1.54) is 4.90 Å². The highest BCUT2D eigenvalue weighted by molar-refractivity contribution is 7.92. The zero-order valence-electron chi connectivity index (χ0n) is 23.0. The Balaban J connectivity index is 1.64. The van der Waals surface area contributed by atoms with Gasteiger partial charge in [-0.2, -0.15) is 0 Å². The minimum absolute atomic E-state index is 0.109. The topological polar surface area (TPSA) is 105 Å². The van der Waals surface area contributed by atoms with E-state index in [-0.39, 0.29) is 24.2 Å². The van der Waals surface area contributed by atoms with Gasteiger partial charge < -0.3 is 19.7 Å². The van der Waals surface area contributed by atoms with Crippen LogP contribution in [0.25, 0.3) is 0 Å². The predicted octanol–water partition coefficient (Wildman–Crippen LogP) is 3.79. The fourth-order valence-electron chi connectivity index (χ4n) is 5.08. The third kappa shape index (κ3) is 7.03. The number of hydrogen-bond acceptors (Lipinski definition) is 6. The Morgan fingerprint density at radius 3 is 2.31 bits per heavy atom. The van der Waals surface area contributed by atoms with Gasteiger partial charge in [0.15, 0.2) is 11.5 Å². The summed E-state index contributed by atoms with van der Waals surface area (Å²) in [6, 6.07) is 12.0. The van der Waals surface area contributed by atoms with E-state index < -0.39 is 28.5 Å². The highest BCUT2D eigenvalue weighted by Crippen LogP contribution is 2.35. The summed E-state index contributed by atoms with van der Waals surface area (Å²) in [5.41, 5.74) is 2.26. The number of sulfonamides is 1. The van der Waals surface area contributed by atoms with Gasteiger partial charge in [0.1, 0.15) is 25.8 Å². The molecule has 0 bridgehead atoms. The fraction of sp³-hybridized carbons (Fsp3) is 0.517. The van der Waals surface area contributed by atoms with Gasteiger partial charge in [-0.1, -0.05) is 49.6 Å². The second kappa shape index (κ2) is 12.7. The third-order valence-electron chi connectivity index (χ3n) is 7.35. The standard InChI is InChI=1S/C29H39N3O6S/c1-4-25(29(34)30-23-8-6-7-9-23)31(19-22-12-10-21(3)11-13-22)28(33)20-32(39(35,36)5-2)24-14-15-26-27(18-24)38-17-16-37-26/h10-15,18,23,25H,4-9,16-17,19-20H2,1-3H3,(H,30,34)/t25-/m1/s1. The van der Waals surface area contributed by atoms with Crippen LogP contribution in [0.3, 0.4) is 0 Å². The molecule has 0 radical (unpaired) electrons. The summed E-state index contributed by atoms with van der Waals surface area (Å²) in [6.07, 6.45) is 4.42. The Bertz CT molecular complexity index is 1260. The van der Waals surface area contributed by atoms with Crippen molar-refractivity contribution in [3.05, 3.63) is 53.6 Å². The first kappa shape index (κ1) is 28.7. The number of amides is 2. The second-order valence-electron chi connectivity index (χ2n) is 10.2. The van der Waals surface area contributed by atoms with Gasteiger partial charge in [0.2, 0.25) is 21.8 Å². The number of benzene rings is 2. The number of nitrogens with one attached hydrogen (secondary N) is 1. The maximum absolute atomic E-state index is 14.0. The smallest absolute Gasteiger partial charge is 0.244 e. The molecule has 2 aromatic carbocycles. The average Bonchev–Trinajstić information content (AvgIpc) is 3.45. The largest absolute Gasteiger partial charge is 0.486 e. The lowest BCUT2D eigenvalue weighted by Crippen LogP contribution is -2.53. The molecule has 212 valence electrons. The zero-order valence-corrected chi connectivity index (χ0v) is 23.8. The lowest BCUT2D eigenvalue weighted by atomic mass is 10.1. The Kier molecular flexibility index (Phi) is 9.37. The molecule has 39 heavy (non-hydrogen) atoms. The number of ether oxygens (including phenoxy) is 2. The molecule has 1 fully saturated rings. The normalized spacial score (nSPS) is 16.0. The van der Waals surface area contributed by atoms with Crippen LogP contribution in [0.4, 0.5) is 5.69 Å². The number of hydrogen-bond donors (Lipinski definition) is 1. The third-order valence-corrected chi connectivity index (χ3v) is 9.10. The molecular weight excluding hydrogens is 518 g/mol. The second-order valence-corrected chi connectivity index (χ2v) is 12.3. The summed E-state index contributed by atoms with van der Waals surface area (Å²) in [5.74, 6) is 0.124. The average molecular weight is 558 g/mol. The van der Waals surface area contributed by atoms with Crippen LogP contribution in [0.2, 0.25) is 0 Å². The van der Waals surface area contributed by atoms with Crippen molar-refractivity contribution in [2.75, 3.05) is 29.8 Å². The molecule has 9 nitrogen and oxygen atoms in total. The molecule has 10 heteroatoms. The molecule has 4 rings (SSSR count). The molecule has 1 saturated carbocycles. The van der Waals surface area contributed by atoms with Crippen LogP contribution in [-0.2, 0) is 26.2 Å². The number of carbonyl (C=O) groups is 2. The summed E-state index contributed by atoms with van der Waals surface area (Å²) in [7, 11) is -3.83. The van der Waals surface area contributed by atoms with Gasteiger partial charge in [-0.05, 0) is 50.8 Å². The van der Waals surface area contributed by atoms with Crippen LogP contribution in [0.1, 0.15) is 57.1 Å². The van der Waals surface area contributed by atoms with Crippen molar-refractivity contribution in [3.8, 4) is 11.5 Å². The first-order valence-corrected chi connectivity index (χ1v) is 15.4. The number of carbonyl (C=O) groups excluding carboxylic acids is 2. The van der Waals surface area contributed by atoms with Crippen molar-refractivity contribution in [1.29, 1.82) is 0 Å². The van der Waals surface area contributed by atoms with E-state index in [0.29, 0.717) is 36.8 Å². The highest BCUT2D eigenvalue weighted by atomic mass is 32.2. The van der Waals surface area contributed by atoms with Gasteiger partial charge in [-0.15, -0.1) is 0 Å².